The fraction of sp³-hybridized carbons (Fsp3) is 0.350. The van der Waals surface area contributed by atoms with Crippen LogP contribution in [-0.4, -0.2) is 39.9 Å². The van der Waals surface area contributed by atoms with E-state index in [1.165, 1.54) is 0 Å². The van der Waals surface area contributed by atoms with Gasteiger partial charge in [-0.15, -0.1) is 0 Å². The van der Waals surface area contributed by atoms with Gasteiger partial charge in [0.2, 0.25) is 12.5 Å². The van der Waals surface area contributed by atoms with E-state index in [1.807, 2.05) is 30.3 Å². The third kappa shape index (κ3) is 3.32. The average molecular weight is 371 g/mol. The largest absolute Gasteiger partial charge is 0.493 e. The summed E-state index contributed by atoms with van der Waals surface area (Å²) in [6.07, 6.45) is 1.38. The normalized spacial score (nSPS) is 17.3. The molecule has 0 radical (unpaired) electrons. The zero-order valence-corrected chi connectivity index (χ0v) is 15.5. The van der Waals surface area contributed by atoms with Gasteiger partial charge < -0.3 is 28.5 Å². The molecule has 0 aromatic heterocycles. The number of hydrogen-bond donors (Lipinski definition) is 0. The van der Waals surface area contributed by atoms with E-state index in [4.69, 9.17) is 28.5 Å². The van der Waals surface area contributed by atoms with E-state index < -0.39 is 0 Å². The van der Waals surface area contributed by atoms with Gasteiger partial charge in [0.15, 0.2) is 23.0 Å². The molecule has 2 aromatic rings. The summed E-state index contributed by atoms with van der Waals surface area (Å²) in [6, 6.07) is 9.70. The Bertz CT molecular complexity index is 854. The number of methoxy groups -OCH3 is 3. The van der Waals surface area contributed by atoms with E-state index in [0.29, 0.717) is 23.7 Å². The summed E-state index contributed by atoms with van der Waals surface area (Å²) in [5, 5.41) is 4.27. The van der Waals surface area contributed by atoms with Crippen LogP contribution in [0.15, 0.2) is 35.5 Å². The van der Waals surface area contributed by atoms with Crippen LogP contribution in [0.2, 0.25) is 0 Å². The Morgan fingerprint density at radius 3 is 2.41 bits per heavy atom. The third-order valence-corrected chi connectivity index (χ3v) is 4.63. The monoisotopic (exact) mass is 371 g/mol. The molecular formula is C20H21NO6. The van der Waals surface area contributed by atoms with Crippen molar-refractivity contribution in [3.63, 3.8) is 0 Å². The maximum Gasteiger partial charge on any atom is 0.231 e. The highest BCUT2D eigenvalue weighted by Gasteiger charge is 2.25. The summed E-state index contributed by atoms with van der Waals surface area (Å²) >= 11 is 0. The molecule has 0 saturated heterocycles. The number of benzene rings is 2. The van der Waals surface area contributed by atoms with Crippen LogP contribution in [0.25, 0.3) is 0 Å². The minimum atomic E-state index is -0.0422. The van der Waals surface area contributed by atoms with Crippen molar-refractivity contribution >= 4 is 5.71 Å². The van der Waals surface area contributed by atoms with Crippen molar-refractivity contribution in [2.75, 3.05) is 28.1 Å². The molecule has 0 fully saturated rings. The lowest BCUT2D eigenvalue weighted by Gasteiger charge is -2.14. The standard InChI is InChI=1S/C20H21NO6/c1-22-18-8-13(9-19(23-2)20(18)24-3)15-10-14(27-21-15)6-12-4-5-16-17(7-12)26-11-25-16/h4-5,7-9,14H,6,10-11H2,1-3H3. The second-order valence-electron chi connectivity index (χ2n) is 6.28. The van der Waals surface area contributed by atoms with Gasteiger partial charge in [-0.3, -0.25) is 0 Å². The van der Waals surface area contributed by atoms with E-state index in [-0.39, 0.29) is 12.9 Å². The summed E-state index contributed by atoms with van der Waals surface area (Å²) in [4.78, 5) is 5.65. The highest BCUT2D eigenvalue weighted by Crippen LogP contribution is 2.39. The fourth-order valence-electron chi connectivity index (χ4n) is 3.29. The van der Waals surface area contributed by atoms with Gasteiger partial charge in [0.1, 0.15) is 6.10 Å². The third-order valence-electron chi connectivity index (χ3n) is 4.63. The Hall–Kier alpha value is -3.09. The van der Waals surface area contributed by atoms with Gasteiger partial charge in [0.05, 0.1) is 27.0 Å². The van der Waals surface area contributed by atoms with Crippen LogP contribution in [0, 0.1) is 0 Å². The first-order valence-electron chi connectivity index (χ1n) is 8.63. The summed E-state index contributed by atoms with van der Waals surface area (Å²) in [7, 11) is 4.77. The SMILES string of the molecule is COc1cc(C2=NOC(Cc3ccc4c(c3)OCO4)C2)cc(OC)c1OC. The lowest BCUT2D eigenvalue weighted by Crippen LogP contribution is -2.12. The first-order valence-corrected chi connectivity index (χ1v) is 8.63. The molecule has 1 atom stereocenters. The van der Waals surface area contributed by atoms with Gasteiger partial charge in [-0.25, -0.2) is 0 Å². The summed E-state index contributed by atoms with van der Waals surface area (Å²) in [5.74, 6) is 3.29. The van der Waals surface area contributed by atoms with E-state index in [2.05, 4.69) is 5.16 Å². The highest BCUT2D eigenvalue weighted by atomic mass is 16.7. The van der Waals surface area contributed by atoms with Crippen LogP contribution >= 0.6 is 0 Å². The zero-order valence-electron chi connectivity index (χ0n) is 15.5. The number of oxime groups is 1. The smallest absolute Gasteiger partial charge is 0.231 e. The number of ether oxygens (including phenoxy) is 5. The van der Waals surface area contributed by atoms with Crippen LogP contribution in [0.3, 0.4) is 0 Å². The molecule has 0 amide bonds. The highest BCUT2D eigenvalue weighted by molar-refractivity contribution is 6.02. The minimum absolute atomic E-state index is 0.0422. The summed E-state index contributed by atoms with van der Waals surface area (Å²) < 4.78 is 27.0. The van der Waals surface area contributed by atoms with Crippen molar-refractivity contribution in [2.45, 2.75) is 18.9 Å². The second-order valence-corrected chi connectivity index (χ2v) is 6.28. The van der Waals surface area contributed by atoms with Gasteiger partial charge >= 0.3 is 0 Å². The minimum Gasteiger partial charge on any atom is -0.493 e. The van der Waals surface area contributed by atoms with Crippen molar-refractivity contribution in [2.24, 2.45) is 5.16 Å². The molecular weight excluding hydrogens is 350 g/mol. The molecule has 2 aliphatic rings. The van der Waals surface area contributed by atoms with Crippen molar-refractivity contribution in [3.8, 4) is 28.7 Å². The molecule has 1 unspecified atom stereocenters. The Kier molecular flexibility index (Phi) is 4.66. The van der Waals surface area contributed by atoms with Gasteiger partial charge in [0, 0.05) is 18.4 Å². The number of rotatable bonds is 6. The molecule has 7 nitrogen and oxygen atoms in total. The van der Waals surface area contributed by atoms with Crippen LogP contribution in [0.1, 0.15) is 17.5 Å². The van der Waals surface area contributed by atoms with E-state index in [0.717, 1.165) is 34.8 Å². The molecule has 0 aliphatic carbocycles. The quantitative estimate of drug-likeness (QED) is 0.777. The van der Waals surface area contributed by atoms with Crippen molar-refractivity contribution < 1.29 is 28.5 Å². The maximum atomic E-state index is 5.65. The Balaban J connectivity index is 1.49. The first-order chi connectivity index (χ1) is 13.2. The van der Waals surface area contributed by atoms with Crippen LogP contribution < -0.4 is 23.7 Å². The van der Waals surface area contributed by atoms with Crippen molar-refractivity contribution in [1.82, 2.24) is 0 Å². The van der Waals surface area contributed by atoms with Crippen molar-refractivity contribution in [3.05, 3.63) is 41.5 Å². The van der Waals surface area contributed by atoms with Gasteiger partial charge in [-0.05, 0) is 29.8 Å². The molecule has 2 aromatic carbocycles. The van der Waals surface area contributed by atoms with Crippen LogP contribution in [0.5, 0.6) is 28.7 Å². The van der Waals surface area contributed by atoms with E-state index >= 15 is 0 Å². The van der Waals surface area contributed by atoms with E-state index in [1.54, 1.807) is 21.3 Å². The van der Waals surface area contributed by atoms with Crippen LogP contribution in [0.4, 0.5) is 0 Å². The predicted octanol–water partition coefficient (Wildman–Crippen LogP) is 3.18. The predicted molar refractivity (Wildman–Crippen MR) is 98.4 cm³/mol. The number of nitrogens with zero attached hydrogens (tertiary/aromatic N) is 1. The van der Waals surface area contributed by atoms with Crippen LogP contribution in [-0.2, 0) is 11.3 Å². The molecule has 2 heterocycles. The zero-order chi connectivity index (χ0) is 18.8. The second kappa shape index (κ2) is 7.26. The topological polar surface area (TPSA) is 67.7 Å². The first kappa shape index (κ1) is 17.3. The number of hydrogen-bond acceptors (Lipinski definition) is 7. The average Bonchev–Trinajstić information content (AvgIpc) is 3.35. The molecule has 0 spiro atoms. The lowest BCUT2D eigenvalue weighted by atomic mass is 9.99. The maximum absolute atomic E-state index is 5.65. The van der Waals surface area contributed by atoms with Crippen molar-refractivity contribution in [1.29, 1.82) is 0 Å². The summed E-state index contributed by atoms with van der Waals surface area (Å²) in [5.41, 5.74) is 2.85. The molecule has 0 N–H and O–H groups in total. The molecule has 0 saturated carbocycles. The molecule has 27 heavy (non-hydrogen) atoms. The molecule has 142 valence electrons. The Morgan fingerprint density at radius 1 is 0.963 bits per heavy atom. The Morgan fingerprint density at radius 2 is 1.70 bits per heavy atom. The number of fused-ring (bicyclic) bond motifs is 1. The fourth-order valence-corrected chi connectivity index (χ4v) is 3.29. The van der Waals surface area contributed by atoms with Gasteiger partial charge in [0.25, 0.3) is 0 Å². The molecule has 0 bridgehead atoms. The molecule has 7 heteroatoms. The Labute approximate surface area is 157 Å². The van der Waals surface area contributed by atoms with Gasteiger partial charge in [-0.2, -0.15) is 0 Å². The summed E-state index contributed by atoms with van der Waals surface area (Å²) in [6.45, 7) is 0.271. The molecule has 2 aliphatic heterocycles. The van der Waals surface area contributed by atoms with E-state index in [9.17, 15) is 0 Å². The molecule has 4 rings (SSSR count). The lowest BCUT2D eigenvalue weighted by molar-refractivity contribution is 0.0859. The van der Waals surface area contributed by atoms with Gasteiger partial charge in [-0.1, -0.05) is 11.2 Å².